The summed E-state index contributed by atoms with van der Waals surface area (Å²) >= 11 is 3.18. The van der Waals surface area contributed by atoms with Gasteiger partial charge in [0, 0.05) is 12.1 Å². The number of rotatable bonds is 3. The molecule has 0 atom stereocenters. The van der Waals surface area contributed by atoms with Crippen molar-refractivity contribution in [2.24, 2.45) is 5.41 Å². The normalized spacial score (nSPS) is 11.3. The third-order valence-corrected chi connectivity index (χ3v) is 3.04. The van der Waals surface area contributed by atoms with Gasteiger partial charge >= 0.3 is 0 Å². The second-order valence-corrected chi connectivity index (χ2v) is 6.09. The van der Waals surface area contributed by atoms with Gasteiger partial charge in [-0.25, -0.2) is 0 Å². The highest BCUT2D eigenvalue weighted by Crippen LogP contribution is 2.24. The highest BCUT2D eigenvalue weighted by atomic mass is 79.9. The number of carbonyl (C=O) groups excluding carboxylic acids is 1. The fourth-order valence-electron chi connectivity index (χ4n) is 1.31. The van der Waals surface area contributed by atoms with Crippen LogP contribution < -0.4 is 5.32 Å². The number of benzene rings is 1. The van der Waals surface area contributed by atoms with E-state index < -0.39 is 0 Å². The minimum atomic E-state index is -0.156. The van der Waals surface area contributed by atoms with Crippen LogP contribution in [0.1, 0.15) is 37.6 Å². The third kappa shape index (κ3) is 4.77. The monoisotopic (exact) mass is 299 g/mol. The van der Waals surface area contributed by atoms with E-state index in [9.17, 15) is 9.90 Å². The molecule has 1 amide bonds. The zero-order chi connectivity index (χ0) is 13.1. The Bertz CT molecular complexity index is 410. The van der Waals surface area contributed by atoms with Crippen molar-refractivity contribution in [3.8, 4) is 5.75 Å². The number of carbonyl (C=O) groups is 1. The van der Waals surface area contributed by atoms with E-state index in [0.29, 0.717) is 16.6 Å². The van der Waals surface area contributed by atoms with Crippen molar-refractivity contribution in [2.45, 2.75) is 27.2 Å². The van der Waals surface area contributed by atoms with Crippen LogP contribution in [-0.2, 0) is 0 Å². The van der Waals surface area contributed by atoms with Crippen LogP contribution in [0.3, 0.4) is 0 Å². The van der Waals surface area contributed by atoms with E-state index in [0.717, 1.165) is 6.42 Å². The molecule has 0 radical (unpaired) electrons. The van der Waals surface area contributed by atoms with Gasteiger partial charge in [-0.3, -0.25) is 4.79 Å². The number of phenols is 1. The smallest absolute Gasteiger partial charge is 0.251 e. The minimum Gasteiger partial charge on any atom is -0.507 e. The molecular weight excluding hydrogens is 282 g/mol. The van der Waals surface area contributed by atoms with Crippen molar-refractivity contribution in [3.05, 3.63) is 28.2 Å². The maximum atomic E-state index is 11.8. The van der Waals surface area contributed by atoms with Crippen molar-refractivity contribution in [1.29, 1.82) is 0 Å². The van der Waals surface area contributed by atoms with Crippen LogP contribution in [0.25, 0.3) is 0 Å². The minimum absolute atomic E-state index is 0.0773. The third-order valence-electron chi connectivity index (χ3n) is 2.37. The number of aromatic hydroxyl groups is 1. The molecule has 94 valence electrons. The standard InChI is InChI=1S/C13H18BrNO2/c1-13(2,3)6-7-15-12(17)9-4-5-10(14)11(16)8-9/h4-5,8,16H,6-7H2,1-3H3,(H,15,17). The van der Waals surface area contributed by atoms with E-state index in [1.165, 1.54) is 6.07 Å². The Hall–Kier alpha value is -1.03. The predicted octanol–water partition coefficient (Wildman–Crippen LogP) is 3.32. The van der Waals surface area contributed by atoms with Crippen LogP contribution in [0.15, 0.2) is 22.7 Å². The number of hydrogen-bond donors (Lipinski definition) is 2. The molecule has 0 saturated heterocycles. The Balaban J connectivity index is 2.56. The van der Waals surface area contributed by atoms with Crippen molar-refractivity contribution < 1.29 is 9.90 Å². The van der Waals surface area contributed by atoms with Gasteiger partial charge < -0.3 is 10.4 Å². The topological polar surface area (TPSA) is 49.3 Å². The Kier molecular flexibility index (Phi) is 4.57. The molecule has 1 aromatic rings. The highest BCUT2D eigenvalue weighted by Gasteiger charge is 2.12. The van der Waals surface area contributed by atoms with E-state index in [-0.39, 0.29) is 17.1 Å². The molecule has 2 N–H and O–H groups in total. The van der Waals surface area contributed by atoms with Gasteiger partial charge in [0.25, 0.3) is 5.91 Å². The quantitative estimate of drug-likeness (QED) is 0.899. The molecule has 0 unspecified atom stereocenters. The van der Waals surface area contributed by atoms with Crippen LogP contribution in [0.2, 0.25) is 0 Å². The SMILES string of the molecule is CC(C)(C)CCNC(=O)c1ccc(Br)c(O)c1. The van der Waals surface area contributed by atoms with Crippen LogP contribution >= 0.6 is 15.9 Å². The summed E-state index contributed by atoms with van der Waals surface area (Å²) in [6, 6.07) is 4.79. The predicted molar refractivity (Wildman–Crippen MR) is 72.2 cm³/mol. The van der Waals surface area contributed by atoms with Gasteiger partial charge in [-0.15, -0.1) is 0 Å². The second-order valence-electron chi connectivity index (χ2n) is 5.23. The summed E-state index contributed by atoms with van der Waals surface area (Å²) in [6.45, 7) is 7.03. The Morgan fingerprint density at radius 2 is 2.06 bits per heavy atom. The molecule has 1 rings (SSSR count). The van der Waals surface area contributed by atoms with Crippen LogP contribution in [0.4, 0.5) is 0 Å². The fourth-order valence-corrected chi connectivity index (χ4v) is 1.55. The van der Waals surface area contributed by atoms with Crippen molar-refractivity contribution in [2.75, 3.05) is 6.54 Å². The highest BCUT2D eigenvalue weighted by molar-refractivity contribution is 9.10. The van der Waals surface area contributed by atoms with Gasteiger partial charge in [0.2, 0.25) is 0 Å². The maximum absolute atomic E-state index is 11.8. The molecule has 4 heteroatoms. The summed E-state index contributed by atoms with van der Waals surface area (Å²) < 4.78 is 0.587. The molecule has 0 aliphatic rings. The second kappa shape index (κ2) is 5.54. The van der Waals surface area contributed by atoms with Gasteiger partial charge in [0.15, 0.2) is 0 Å². The zero-order valence-electron chi connectivity index (χ0n) is 10.4. The summed E-state index contributed by atoms with van der Waals surface area (Å²) in [6.07, 6.45) is 0.918. The fraction of sp³-hybridized carbons (Fsp3) is 0.462. The summed E-state index contributed by atoms with van der Waals surface area (Å²) in [4.78, 5) is 11.8. The molecule has 0 spiro atoms. The van der Waals surface area contributed by atoms with Crippen molar-refractivity contribution in [1.82, 2.24) is 5.32 Å². The van der Waals surface area contributed by atoms with Crippen molar-refractivity contribution in [3.63, 3.8) is 0 Å². The average Bonchev–Trinajstić information content (AvgIpc) is 2.20. The molecule has 0 heterocycles. The number of nitrogens with one attached hydrogen (secondary N) is 1. The molecular formula is C13H18BrNO2. The lowest BCUT2D eigenvalue weighted by Crippen LogP contribution is -2.27. The van der Waals surface area contributed by atoms with Crippen LogP contribution in [0.5, 0.6) is 5.75 Å². The van der Waals surface area contributed by atoms with Crippen LogP contribution in [-0.4, -0.2) is 17.6 Å². The first kappa shape index (κ1) is 14.0. The first-order valence-corrected chi connectivity index (χ1v) is 6.35. The van der Waals surface area contributed by atoms with Gasteiger partial charge in [0.1, 0.15) is 5.75 Å². The molecule has 0 aromatic heterocycles. The Labute approximate surface area is 110 Å². The number of amides is 1. The zero-order valence-corrected chi connectivity index (χ0v) is 12.0. The lowest BCUT2D eigenvalue weighted by Gasteiger charge is -2.18. The van der Waals surface area contributed by atoms with Gasteiger partial charge in [0.05, 0.1) is 4.47 Å². The molecule has 0 saturated carbocycles. The lowest BCUT2D eigenvalue weighted by atomic mass is 9.92. The Morgan fingerprint density at radius 3 is 2.59 bits per heavy atom. The summed E-state index contributed by atoms with van der Waals surface area (Å²) in [5.41, 5.74) is 0.675. The first-order valence-electron chi connectivity index (χ1n) is 5.56. The van der Waals surface area contributed by atoms with E-state index >= 15 is 0 Å². The van der Waals surface area contributed by atoms with Gasteiger partial charge in [-0.1, -0.05) is 20.8 Å². The maximum Gasteiger partial charge on any atom is 0.251 e. The molecule has 17 heavy (non-hydrogen) atoms. The molecule has 0 bridgehead atoms. The van der Waals surface area contributed by atoms with E-state index in [4.69, 9.17) is 0 Å². The number of halogens is 1. The molecule has 0 fully saturated rings. The average molecular weight is 300 g/mol. The first-order chi connectivity index (χ1) is 7.79. The van der Waals surface area contributed by atoms with Gasteiger partial charge in [-0.05, 0) is 46.0 Å². The van der Waals surface area contributed by atoms with E-state index in [2.05, 4.69) is 42.0 Å². The molecule has 1 aromatic carbocycles. The Morgan fingerprint density at radius 1 is 1.41 bits per heavy atom. The van der Waals surface area contributed by atoms with Crippen LogP contribution in [0, 0.1) is 5.41 Å². The van der Waals surface area contributed by atoms with Gasteiger partial charge in [-0.2, -0.15) is 0 Å². The summed E-state index contributed by atoms with van der Waals surface area (Å²) in [7, 11) is 0. The van der Waals surface area contributed by atoms with E-state index in [1.807, 2.05) is 0 Å². The largest absolute Gasteiger partial charge is 0.507 e. The molecule has 0 aliphatic carbocycles. The number of hydrogen-bond acceptors (Lipinski definition) is 2. The molecule has 3 nitrogen and oxygen atoms in total. The summed E-state index contributed by atoms with van der Waals surface area (Å²) in [5, 5.41) is 12.3. The lowest BCUT2D eigenvalue weighted by molar-refractivity contribution is 0.0949. The molecule has 0 aliphatic heterocycles. The van der Waals surface area contributed by atoms with Crippen molar-refractivity contribution >= 4 is 21.8 Å². The number of phenolic OH excluding ortho intramolecular Hbond substituents is 1. The van der Waals surface area contributed by atoms with E-state index in [1.54, 1.807) is 12.1 Å². The summed E-state index contributed by atoms with van der Waals surface area (Å²) in [5.74, 6) is -0.0782.